The van der Waals surface area contributed by atoms with Crippen LogP contribution in [0.1, 0.15) is 47.2 Å². The molecule has 3 rings (SSSR count). The lowest BCUT2D eigenvalue weighted by molar-refractivity contribution is -0.133. The molecule has 1 aliphatic carbocycles. The Bertz CT molecular complexity index is 589. The average molecular weight is 350 g/mol. The molecule has 0 radical (unpaired) electrons. The normalized spacial score (nSPS) is 19.2. The van der Waals surface area contributed by atoms with Gasteiger partial charge in [-0.2, -0.15) is 0 Å². The van der Waals surface area contributed by atoms with E-state index in [0.29, 0.717) is 12.6 Å². The van der Waals surface area contributed by atoms with Gasteiger partial charge in [-0.25, -0.2) is 0 Å². The van der Waals surface area contributed by atoms with Gasteiger partial charge in [-0.1, -0.05) is 0 Å². The lowest BCUT2D eigenvalue weighted by Crippen LogP contribution is -2.48. The molecule has 5 nitrogen and oxygen atoms in total. The van der Waals surface area contributed by atoms with Crippen LogP contribution < -0.4 is 5.32 Å². The molecule has 0 bridgehead atoms. The van der Waals surface area contributed by atoms with Crippen LogP contribution in [0, 0.1) is 6.92 Å². The first-order valence-electron chi connectivity index (χ1n) is 8.96. The summed E-state index contributed by atoms with van der Waals surface area (Å²) in [6.07, 6.45) is 4.16. The van der Waals surface area contributed by atoms with Gasteiger partial charge in [-0.15, -0.1) is 11.3 Å². The number of likely N-dealkylation sites (N-methyl/N-ethyl adjacent to an activating group) is 1. The molecule has 1 aromatic heterocycles. The summed E-state index contributed by atoms with van der Waals surface area (Å²) in [6, 6.07) is 4.58. The Morgan fingerprint density at radius 3 is 2.50 bits per heavy atom. The zero-order chi connectivity index (χ0) is 17.1. The van der Waals surface area contributed by atoms with Crippen molar-refractivity contribution in [2.75, 3.05) is 26.2 Å². The Kier molecular flexibility index (Phi) is 5.56. The van der Waals surface area contributed by atoms with Gasteiger partial charge < -0.3 is 10.2 Å². The largest absolute Gasteiger partial charge is 0.349 e. The third kappa shape index (κ3) is 4.36. The first-order chi connectivity index (χ1) is 11.6. The number of amides is 2. The number of thiophene rings is 1. The predicted octanol–water partition coefficient (Wildman–Crippen LogP) is 2.26. The van der Waals surface area contributed by atoms with Crippen LogP contribution in [0.3, 0.4) is 0 Å². The highest BCUT2D eigenvalue weighted by Gasteiger charge is 2.32. The lowest BCUT2D eigenvalue weighted by Gasteiger charge is -2.33. The number of nitrogens with one attached hydrogen (secondary N) is 1. The molecule has 2 fully saturated rings. The summed E-state index contributed by atoms with van der Waals surface area (Å²) in [5, 5.41) is 3.13. The van der Waals surface area contributed by atoms with Gasteiger partial charge in [0.15, 0.2) is 0 Å². The Morgan fingerprint density at radius 1 is 1.25 bits per heavy atom. The maximum atomic E-state index is 12.4. The van der Waals surface area contributed by atoms with Gasteiger partial charge in [-0.3, -0.25) is 14.5 Å². The third-order valence-corrected chi connectivity index (χ3v) is 5.89. The molecule has 1 saturated heterocycles. The van der Waals surface area contributed by atoms with E-state index in [1.807, 2.05) is 24.0 Å². The van der Waals surface area contributed by atoms with Crippen molar-refractivity contribution in [2.24, 2.45) is 0 Å². The number of carbonyl (C=O) groups is 2. The number of rotatable bonds is 6. The number of likely N-dealkylation sites (tertiary alicyclic amines) is 1. The minimum absolute atomic E-state index is 0.0357. The van der Waals surface area contributed by atoms with Crippen LogP contribution in [0.2, 0.25) is 0 Å². The quantitative estimate of drug-likeness (QED) is 0.857. The number of piperidine rings is 1. The van der Waals surface area contributed by atoms with E-state index >= 15 is 0 Å². The predicted molar refractivity (Wildman–Crippen MR) is 96.4 cm³/mol. The van der Waals surface area contributed by atoms with Gasteiger partial charge in [0.2, 0.25) is 5.91 Å². The van der Waals surface area contributed by atoms with Crippen LogP contribution in [0.25, 0.3) is 0 Å². The molecule has 2 amide bonds. The molecular formula is C18H27N3O2S. The van der Waals surface area contributed by atoms with Crippen molar-refractivity contribution in [2.45, 2.75) is 51.6 Å². The zero-order valence-corrected chi connectivity index (χ0v) is 15.4. The van der Waals surface area contributed by atoms with Crippen LogP contribution in [-0.4, -0.2) is 59.9 Å². The SMILES string of the molecule is CCN(C(=O)CN1CCC(NC(=O)c2ccc(C)s2)CC1)C1CC1. The molecule has 0 unspecified atom stereocenters. The number of hydrogen-bond acceptors (Lipinski definition) is 4. The Hall–Kier alpha value is -1.40. The first kappa shape index (κ1) is 17.4. The van der Waals surface area contributed by atoms with Crippen molar-refractivity contribution in [3.8, 4) is 0 Å². The molecule has 2 aliphatic rings. The van der Waals surface area contributed by atoms with Gasteiger partial charge in [0.05, 0.1) is 11.4 Å². The average Bonchev–Trinajstić information content (AvgIpc) is 3.29. The van der Waals surface area contributed by atoms with Gasteiger partial charge in [0, 0.05) is 36.6 Å². The third-order valence-electron chi connectivity index (χ3n) is 4.89. The van der Waals surface area contributed by atoms with E-state index in [4.69, 9.17) is 0 Å². The molecule has 0 aromatic carbocycles. The first-order valence-corrected chi connectivity index (χ1v) is 9.77. The summed E-state index contributed by atoms with van der Waals surface area (Å²) in [7, 11) is 0. The minimum Gasteiger partial charge on any atom is -0.349 e. The monoisotopic (exact) mass is 349 g/mol. The molecule has 24 heavy (non-hydrogen) atoms. The van der Waals surface area contributed by atoms with Crippen LogP contribution in [0.15, 0.2) is 12.1 Å². The summed E-state index contributed by atoms with van der Waals surface area (Å²) >= 11 is 1.54. The summed E-state index contributed by atoms with van der Waals surface area (Å²) in [4.78, 5) is 30.8. The Balaban J connectivity index is 1.42. The number of nitrogens with zero attached hydrogens (tertiary/aromatic N) is 2. The molecule has 1 aliphatic heterocycles. The van der Waals surface area contributed by atoms with Crippen molar-refractivity contribution in [1.29, 1.82) is 0 Å². The molecular weight excluding hydrogens is 322 g/mol. The Morgan fingerprint density at radius 2 is 1.96 bits per heavy atom. The van der Waals surface area contributed by atoms with Gasteiger partial charge in [0.1, 0.15) is 0 Å². The smallest absolute Gasteiger partial charge is 0.261 e. The fourth-order valence-electron chi connectivity index (χ4n) is 3.36. The van der Waals surface area contributed by atoms with E-state index in [-0.39, 0.29) is 17.9 Å². The maximum absolute atomic E-state index is 12.4. The van der Waals surface area contributed by atoms with Crippen LogP contribution >= 0.6 is 11.3 Å². The highest BCUT2D eigenvalue weighted by molar-refractivity contribution is 7.13. The second kappa shape index (κ2) is 7.66. The summed E-state index contributed by atoms with van der Waals surface area (Å²) in [5.74, 6) is 0.296. The van der Waals surface area contributed by atoms with Crippen LogP contribution in [-0.2, 0) is 4.79 Å². The lowest BCUT2D eigenvalue weighted by atomic mass is 10.0. The summed E-state index contributed by atoms with van der Waals surface area (Å²) in [6.45, 7) is 7.17. The minimum atomic E-state index is 0.0357. The van der Waals surface area contributed by atoms with Crippen LogP contribution in [0.4, 0.5) is 0 Å². The highest BCUT2D eigenvalue weighted by Crippen LogP contribution is 2.26. The van der Waals surface area contributed by atoms with Gasteiger partial charge >= 0.3 is 0 Å². The molecule has 1 N–H and O–H groups in total. The van der Waals surface area contributed by atoms with Crippen molar-refractivity contribution < 1.29 is 9.59 Å². The van der Waals surface area contributed by atoms with Crippen molar-refractivity contribution in [3.63, 3.8) is 0 Å². The second-order valence-electron chi connectivity index (χ2n) is 6.85. The van der Waals surface area contributed by atoms with E-state index < -0.39 is 0 Å². The second-order valence-corrected chi connectivity index (χ2v) is 8.13. The zero-order valence-electron chi connectivity index (χ0n) is 14.6. The molecule has 0 atom stereocenters. The molecule has 1 saturated carbocycles. The summed E-state index contributed by atoms with van der Waals surface area (Å²) in [5.41, 5.74) is 0. The molecule has 6 heteroatoms. The van der Waals surface area contributed by atoms with Gasteiger partial charge in [-0.05, 0) is 51.7 Å². The van der Waals surface area contributed by atoms with E-state index in [1.165, 1.54) is 11.3 Å². The molecule has 132 valence electrons. The number of aryl methyl sites for hydroxylation is 1. The van der Waals surface area contributed by atoms with Crippen molar-refractivity contribution in [1.82, 2.24) is 15.1 Å². The van der Waals surface area contributed by atoms with E-state index in [2.05, 4.69) is 17.1 Å². The summed E-state index contributed by atoms with van der Waals surface area (Å²) < 4.78 is 0. The van der Waals surface area contributed by atoms with Crippen LogP contribution in [0.5, 0.6) is 0 Å². The van der Waals surface area contributed by atoms with Gasteiger partial charge in [0.25, 0.3) is 5.91 Å². The standard InChI is InChI=1S/C18H27N3O2S/c1-3-21(15-5-6-15)17(22)12-20-10-8-14(9-11-20)19-18(23)16-7-4-13(2)24-16/h4,7,14-15H,3,5-6,8-12H2,1-2H3,(H,19,23). The van der Waals surface area contributed by atoms with E-state index in [1.54, 1.807) is 0 Å². The molecule has 1 aromatic rings. The molecule has 0 spiro atoms. The maximum Gasteiger partial charge on any atom is 0.261 e. The highest BCUT2D eigenvalue weighted by atomic mass is 32.1. The van der Waals surface area contributed by atoms with E-state index in [0.717, 1.165) is 55.1 Å². The fourth-order valence-corrected chi connectivity index (χ4v) is 4.13. The topological polar surface area (TPSA) is 52.7 Å². The van der Waals surface area contributed by atoms with E-state index in [9.17, 15) is 9.59 Å². The molecule has 2 heterocycles. The fraction of sp³-hybridized carbons (Fsp3) is 0.667. The number of hydrogen-bond donors (Lipinski definition) is 1. The number of carbonyl (C=O) groups excluding carboxylic acids is 2. The van der Waals surface area contributed by atoms with Crippen molar-refractivity contribution >= 4 is 23.2 Å². The van der Waals surface area contributed by atoms with Crippen molar-refractivity contribution in [3.05, 3.63) is 21.9 Å². The Labute approximate surface area is 148 Å².